The highest BCUT2D eigenvalue weighted by Gasteiger charge is 2.30. The summed E-state index contributed by atoms with van der Waals surface area (Å²) in [6.07, 6.45) is 1.06. The van der Waals surface area contributed by atoms with Crippen LogP contribution in [0.5, 0.6) is 11.5 Å². The van der Waals surface area contributed by atoms with Gasteiger partial charge >= 0.3 is 0 Å². The van der Waals surface area contributed by atoms with E-state index < -0.39 is 6.04 Å². The smallest absolute Gasteiger partial charge is 0.243 e. The highest BCUT2D eigenvalue weighted by molar-refractivity contribution is 6.42. The van der Waals surface area contributed by atoms with Gasteiger partial charge in [0.05, 0.1) is 24.3 Å². The lowest BCUT2D eigenvalue weighted by Gasteiger charge is -2.32. The van der Waals surface area contributed by atoms with Crippen LogP contribution in [0.4, 0.5) is 0 Å². The number of benzene rings is 3. The maximum Gasteiger partial charge on any atom is 0.243 e. The van der Waals surface area contributed by atoms with Crippen molar-refractivity contribution >= 4 is 35.0 Å². The molecule has 0 spiro atoms. The summed E-state index contributed by atoms with van der Waals surface area (Å²) in [6, 6.07) is 19.8. The molecule has 1 unspecified atom stereocenters. The quantitative estimate of drug-likeness (QED) is 0.292. The van der Waals surface area contributed by atoms with Gasteiger partial charge in [0, 0.05) is 25.4 Å². The Morgan fingerprint density at radius 2 is 1.53 bits per heavy atom. The van der Waals surface area contributed by atoms with Crippen molar-refractivity contribution in [3.8, 4) is 11.5 Å². The van der Waals surface area contributed by atoms with E-state index in [1.807, 2.05) is 68.4 Å². The van der Waals surface area contributed by atoms with Crippen LogP contribution in [0.1, 0.15) is 37.0 Å². The fourth-order valence-electron chi connectivity index (χ4n) is 4.20. The minimum absolute atomic E-state index is 0.0746. The summed E-state index contributed by atoms with van der Waals surface area (Å²) in [5, 5.41) is 3.82. The van der Waals surface area contributed by atoms with Crippen molar-refractivity contribution in [2.75, 3.05) is 14.2 Å². The molecular weight excluding hydrogens is 523 g/mol. The molecule has 0 heterocycles. The van der Waals surface area contributed by atoms with E-state index in [2.05, 4.69) is 5.32 Å². The zero-order valence-corrected chi connectivity index (χ0v) is 23.7. The molecule has 3 aromatic carbocycles. The third-order valence-corrected chi connectivity index (χ3v) is 6.85. The summed E-state index contributed by atoms with van der Waals surface area (Å²) < 4.78 is 10.7. The van der Waals surface area contributed by atoms with Crippen LogP contribution in [-0.4, -0.2) is 43.0 Å². The third kappa shape index (κ3) is 8.14. The number of rotatable bonds is 12. The second-order valence-corrected chi connectivity index (χ2v) is 10.1. The fraction of sp³-hybridized carbons (Fsp3) is 0.333. The molecule has 202 valence electrons. The molecule has 1 atom stereocenters. The predicted molar refractivity (Wildman–Crippen MR) is 152 cm³/mol. The molecule has 6 nitrogen and oxygen atoms in total. The van der Waals surface area contributed by atoms with Gasteiger partial charge in [-0.1, -0.05) is 65.7 Å². The van der Waals surface area contributed by atoms with Crippen molar-refractivity contribution in [1.29, 1.82) is 0 Å². The first-order chi connectivity index (χ1) is 18.2. The molecule has 0 saturated carbocycles. The molecule has 0 aromatic heterocycles. The number of hydrogen-bond donors (Lipinski definition) is 1. The maximum atomic E-state index is 13.8. The van der Waals surface area contributed by atoms with E-state index >= 15 is 0 Å². The average molecular weight is 558 g/mol. The number of carbonyl (C=O) groups is 2. The second-order valence-electron chi connectivity index (χ2n) is 9.33. The number of hydrogen-bond acceptors (Lipinski definition) is 4. The first-order valence-corrected chi connectivity index (χ1v) is 13.3. The molecular formula is C30H34Cl2N2O4. The number of amides is 2. The molecule has 0 bridgehead atoms. The molecule has 8 heteroatoms. The lowest BCUT2D eigenvalue weighted by Crippen LogP contribution is -2.51. The van der Waals surface area contributed by atoms with Crippen LogP contribution in [0.15, 0.2) is 66.7 Å². The number of methoxy groups -OCH3 is 2. The zero-order chi connectivity index (χ0) is 27.7. The van der Waals surface area contributed by atoms with Gasteiger partial charge in [-0.25, -0.2) is 0 Å². The van der Waals surface area contributed by atoms with E-state index in [1.165, 1.54) is 0 Å². The molecule has 0 radical (unpaired) electrons. The van der Waals surface area contributed by atoms with Gasteiger partial charge in [0.2, 0.25) is 11.8 Å². The van der Waals surface area contributed by atoms with Crippen LogP contribution in [0, 0.1) is 0 Å². The summed E-state index contributed by atoms with van der Waals surface area (Å²) in [5.41, 5.74) is 2.68. The van der Waals surface area contributed by atoms with Crippen molar-refractivity contribution < 1.29 is 19.1 Å². The van der Waals surface area contributed by atoms with Crippen molar-refractivity contribution in [3.05, 3.63) is 93.5 Å². The van der Waals surface area contributed by atoms with Gasteiger partial charge in [-0.05, 0) is 61.2 Å². The Hall–Kier alpha value is -3.22. The van der Waals surface area contributed by atoms with E-state index in [4.69, 9.17) is 32.7 Å². The van der Waals surface area contributed by atoms with Crippen molar-refractivity contribution in [3.63, 3.8) is 0 Å². The monoisotopic (exact) mass is 556 g/mol. The summed E-state index contributed by atoms with van der Waals surface area (Å²) in [6.45, 7) is 4.02. The van der Waals surface area contributed by atoms with Crippen LogP contribution in [0.2, 0.25) is 10.0 Å². The Labute approximate surface area is 234 Å². The summed E-state index contributed by atoms with van der Waals surface area (Å²) in [4.78, 5) is 28.9. The number of ether oxygens (including phenoxy) is 2. The van der Waals surface area contributed by atoms with Gasteiger partial charge in [-0.3, -0.25) is 9.59 Å². The summed E-state index contributed by atoms with van der Waals surface area (Å²) >= 11 is 12.4. The number of nitrogens with one attached hydrogen (secondary N) is 1. The normalized spacial score (nSPS) is 11.7. The van der Waals surface area contributed by atoms with E-state index in [1.54, 1.807) is 31.3 Å². The van der Waals surface area contributed by atoms with Crippen LogP contribution in [-0.2, 0) is 29.0 Å². The molecule has 0 fully saturated rings. The first kappa shape index (κ1) is 29.3. The van der Waals surface area contributed by atoms with Gasteiger partial charge in [0.15, 0.2) is 11.5 Å². The zero-order valence-electron chi connectivity index (χ0n) is 22.2. The number of aryl methyl sites for hydroxylation is 1. The largest absolute Gasteiger partial charge is 0.493 e. The van der Waals surface area contributed by atoms with Crippen LogP contribution < -0.4 is 14.8 Å². The molecule has 3 rings (SSSR count). The summed E-state index contributed by atoms with van der Waals surface area (Å²) in [7, 11) is 3.16. The van der Waals surface area contributed by atoms with E-state index in [0.29, 0.717) is 34.4 Å². The Balaban J connectivity index is 1.92. The average Bonchev–Trinajstić information content (AvgIpc) is 2.91. The van der Waals surface area contributed by atoms with Gasteiger partial charge in [-0.2, -0.15) is 0 Å². The number of nitrogens with zero attached hydrogens (tertiary/aromatic N) is 1. The topological polar surface area (TPSA) is 67.9 Å². The minimum atomic E-state index is -0.716. The molecule has 2 amide bonds. The molecule has 3 aromatic rings. The fourth-order valence-corrected chi connectivity index (χ4v) is 4.52. The predicted octanol–water partition coefficient (Wildman–Crippen LogP) is 6.11. The molecule has 0 aliphatic carbocycles. The Morgan fingerprint density at radius 1 is 0.842 bits per heavy atom. The Morgan fingerprint density at radius 3 is 2.16 bits per heavy atom. The van der Waals surface area contributed by atoms with Crippen molar-refractivity contribution in [1.82, 2.24) is 10.2 Å². The van der Waals surface area contributed by atoms with E-state index in [9.17, 15) is 9.59 Å². The van der Waals surface area contributed by atoms with Gasteiger partial charge in [0.25, 0.3) is 0 Å². The molecule has 1 N–H and O–H groups in total. The van der Waals surface area contributed by atoms with Gasteiger partial charge < -0.3 is 19.7 Å². The highest BCUT2D eigenvalue weighted by Crippen LogP contribution is 2.29. The Kier molecular flexibility index (Phi) is 10.9. The van der Waals surface area contributed by atoms with Crippen LogP contribution in [0.3, 0.4) is 0 Å². The van der Waals surface area contributed by atoms with E-state index in [-0.39, 0.29) is 30.8 Å². The second kappa shape index (κ2) is 14.1. The third-order valence-electron chi connectivity index (χ3n) is 6.11. The first-order valence-electron chi connectivity index (χ1n) is 12.5. The lowest BCUT2D eigenvalue weighted by atomic mass is 10.0. The van der Waals surface area contributed by atoms with Crippen LogP contribution in [0.25, 0.3) is 0 Å². The summed E-state index contributed by atoms with van der Waals surface area (Å²) in [5.74, 6) is 0.870. The SMILES string of the molecule is COc1ccc(CCC(=O)N(Cc2ccc(Cl)c(Cl)c2)C(Cc2ccccc2)C(=O)NC(C)C)cc1OC. The highest BCUT2D eigenvalue weighted by atomic mass is 35.5. The van der Waals surface area contributed by atoms with Gasteiger partial charge in [0.1, 0.15) is 6.04 Å². The van der Waals surface area contributed by atoms with Crippen LogP contribution >= 0.6 is 23.2 Å². The lowest BCUT2D eigenvalue weighted by molar-refractivity contribution is -0.141. The standard InChI is InChI=1S/C30H34Cl2N2O4/c1-20(2)33-30(36)26(17-21-8-6-5-7-9-21)34(19-23-10-13-24(31)25(32)16-23)29(35)15-12-22-11-14-27(37-3)28(18-22)38-4/h5-11,13-14,16,18,20,26H,12,15,17,19H2,1-4H3,(H,33,36). The minimum Gasteiger partial charge on any atom is -0.493 e. The number of carbonyl (C=O) groups excluding carboxylic acids is 2. The Bertz CT molecular complexity index is 1230. The maximum absolute atomic E-state index is 13.8. The molecule has 38 heavy (non-hydrogen) atoms. The van der Waals surface area contributed by atoms with Crippen molar-refractivity contribution in [2.45, 2.75) is 51.7 Å². The van der Waals surface area contributed by atoms with Crippen molar-refractivity contribution in [2.24, 2.45) is 0 Å². The number of halogens is 2. The molecule has 0 saturated heterocycles. The molecule has 0 aliphatic heterocycles. The molecule has 0 aliphatic rings. The van der Waals surface area contributed by atoms with Gasteiger partial charge in [-0.15, -0.1) is 0 Å². The van der Waals surface area contributed by atoms with E-state index in [0.717, 1.165) is 16.7 Å².